The van der Waals surface area contributed by atoms with Crippen molar-refractivity contribution in [1.29, 1.82) is 0 Å². The molecule has 0 unspecified atom stereocenters. The SMILES string of the molecule is Cc1cc(=O)oc2cc(-c3ccc(C(=O)O)cc3)ccc12. The Hall–Kier alpha value is -2.88. The van der Waals surface area contributed by atoms with Crippen molar-refractivity contribution in [3.05, 3.63) is 70.1 Å². The average molecular weight is 280 g/mol. The molecule has 0 amide bonds. The predicted octanol–water partition coefficient (Wildman–Crippen LogP) is 3.47. The van der Waals surface area contributed by atoms with Crippen molar-refractivity contribution >= 4 is 16.9 Å². The molecule has 0 bridgehead atoms. The van der Waals surface area contributed by atoms with Crippen LogP contribution >= 0.6 is 0 Å². The van der Waals surface area contributed by atoms with E-state index in [0.29, 0.717) is 5.58 Å². The van der Waals surface area contributed by atoms with Gasteiger partial charge < -0.3 is 9.52 Å². The predicted molar refractivity (Wildman–Crippen MR) is 79.6 cm³/mol. The maximum Gasteiger partial charge on any atom is 0.336 e. The number of carboxylic acids is 1. The lowest BCUT2D eigenvalue weighted by Crippen LogP contribution is -1.98. The molecule has 1 heterocycles. The second-order valence-corrected chi connectivity index (χ2v) is 4.84. The van der Waals surface area contributed by atoms with Gasteiger partial charge >= 0.3 is 11.6 Å². The Balaban J connectivity index is 2.12. The van der Waals surface area contributed by atoms with Crippen LogP contribution in [-0.2, 0) is 0 Å². The largest absolute Gasteiger partial charge is 0.478 e. The van der Waals surface area contributed by atoms with Crippen LogP contribution in [0, 0.1) is 6.92 Å². The number of benzene rings is 2. The molecule has 0 spiro atoms. The Bertz CT molecular complexity index is 889. The van der Waals surface area contributed by atoms with E-state index in [0.717, 1.165) is 22.1 Å². The number of rotatable bonds is 2. The molecule has 104 valence electrons. The van der Waals surface area contributed by atoms with Gasteiger partial charge in [0.15, 0.2) is 0 Å². The van der Waals surface area contributed by atoms with Crippen molar-refractivity contribution < 1.29 is 14.3 Å². The Kier molecular flexibility index (Phi) is 3.06. The quantitative estimate of drug-likeness (QED) is 0.730. The molecule has 0 fully saturated rings. The minimum absolute atomic E-state index is 0.238. The molecule has 1 aromatic heterocycles. The maximum atomic E-state index is 11.4. The highest BCUT2D eigenvalue weighted by molar-refractivity contribution is 5.89. The van der Waals surface area contributed by atoms with Crippen LogP contribution in [0.4, 0.5) is 0 Å². The van der Waals surface area contributed by atoms with Crippen molar-refractivity contribution in [2.45, 2.75) is 6.92 Å². The number of hydrogen-bond acceptors (Lipinski definition) is 3. The highest BCUT2D eigenvalue weighted by Crippen LogP contribution is 2.25. The number of aromatic carboxylic acids is 1. The zero-order chi connectivity index (χ0) is 15.0. The van der Waals surface area contributed by atoms with Crippen LogP contribution in [0.3, 0.4) is 0 Å². The molecule has 0 saturated heterocycles. The first-order valence-corrected chi connectivity index (χ1v) is 6.43. The minimum atomic E-state index is -0.957. The first kappa shape index (κ1) is 13.1. The van der Waals surface area contributed by atoms with Crippen LogP contribution < -0.4 is 5.63 Å². The molecule has 0 saturated carbocycles. The number of aryl methyl sites for hydroxylation is 1. The van der Waals surface area contributed by atoms with Gasteiger partial charge in [0, 0.05) is 11.5 Å². The summed E-state index contributed by atoms with van der Waals surface area (Å²) in [6.45, 7) is 1.86. The summed E-state index contributed by atoms with van der Waals surface area (Å²) in [6, 6.07) is 13.6. The fourth-order valence-electron chi connectivity index (χ4n) is 2.31. The summed E-state index contributed by atoms with van der Waals surface area (Å²) in [7, 11) is 0. The third kappa shape index (κ3) is 2.43. The lowest BCUT2D eigenvalue weighted by Gasteiger charge is -2.05. The lowest BCUT2D eigenvalue weighted by atomic mass is 10.0. The molecule has 1 N–H and O–H groups in total. The lowest BCUT2D eigenvalue weighted by molar-refractivity contribution is 0.0697. The summed E-state index contributed by atoms with van der Waals surface area (Å²) < 4.78 is 5.22. The van der Waals surface area contributed by atoms with Crippen molar-refractivity contribution in [2.75, 3.05) is 0 Å². The van der Waals surface area contributed by atoms with E-state index < -0.39 is 5.97 Å². The van der Waals surface area contributed by atoms with E-state index >= 15 is 0 Å². The Morgan fingerprint density at radius 1 is 1.00 bits per heavy atom. The van der Waals surface area contributed by atoms with Crippen LogP contribution in [0.25, 0.3) is 22.1 Å². The number of carboxylic acid groups (broad SMARTS) is 1. The molecule has 0 aliphatic heterocycles. The highest BCUT2D eigenvalue weighted by Gasteiger charge is 2.06. The van der Waals surface area contributed by atoms with Crippen LogP contribution in [0.5, 0.6) is 0 Å². The second kappa shape index (κ2) is 4.90. The van der Waals surface area contributed by atoms with Gasteiger partial charge in [0.2, 0.25) is 0 Å². The number of fused-ring (bicyclic) bond motifs is 1. The Morgan fingerprint density at radius 3 is 2.33 bits per heavy atom. The molecule has 0 aliphatic rings. The van der Waals surface area contributed by atoms with Crippen LogP contribution in [0.2, 0.25) is 0 Å². The average Bonchev–Trinajstić information content (AvgIpc) is 2.46. The van der Waals surface area contributed by atoms with Gasteiger partial charge in [0.1, 0.15) is 5.58 Å². The van der Waals surface area contributed by atoms with Gasteiger partial charge in [0.25, 0.3) is 0 Å². The topological polar surface area (TPSA) is 67.5 Å². The van der Waals surface area contributed by atoms with E-state index in [2.05, 4.69) is 0 Å². The Labute approximate surface area is 120 Å². The van der Waals surface area contributed by atoms with E-state index in [1.165, 1.54) is 6.07 Å². The normalized spacial score (nSPS) is 10.7. The summed E-state index contributed by atoms with van der Waals surface area (Å²) >= 11 is 0. The zero-order valence-corrected chi connectivity index (χ0v) is 11.3. The van der Waals surface area contributed by atoms with Crippen molar-refractivity contribution in [2.24, 2.45) is 0 Å². The fraction of sp³-hybridized carbons (Fsp3) is 0.0588. The Morgan fingerprint density at radius 2 is 1.67 bits per heavy atom. The molecular formula is C17H12O4. The van der Waals surface area contributed by atoms with Gasteiger partial charge in [-0.2, -0.15) is 0 Å². The van der Waals surface area contributed by atoms with E-state index in [1.54, 1.807) is 30.3 Å². The third-order valence-electron chi connectivity index (χ3n) is 3.42. The first-order valence-electron chi connectivity index (χ1n) is 6.43. The van der Waals surface area contributed by atoms with Gasteiger partial charge in [-0.15, -0.1) is 0 Å². The number of carbonyl (C=O) groups is 1. The summed E-state index contributed by atoms with van der Waals surface area (Å²) in [5.74, 6) is -0.957. The number of hydrogen-bond donors (Lipinski definition) is 1. The zero-order valence-electron chi connectivity index (χ0n) is 11.3. The minimum Gasteiger partial charge on any atom is -0.478 e. The summed E-state index contributed by atoms with van der Waals surface area (Å²) in [5.41, 5.74) is 2.99. The standard InChI is InChI=1S/C17H12O4/c1-10-8-16(18)21-15-9-13(6-7-14(10)15)11-2-4-12(5-3-11)17(19)20/h2-9H,1H3,(H,19,20). The van der Waals surface area contributed by atoms with Crippen molar-refractivity contribution in [1.82, 2.24) is 0 Å². The third-order valence-corrected chi connectivity index (χ3v) is 3.42. The summed E-state index contributed by atoms with van der Waals surface area (Å²) in [4.78, 5) is 22.3. The molecule has 0 radical (unpaired) electrons. The first-order chi connectivity index (χ1) is 10.0. The summed E-state index contributed by atoms with van der Waals surface area (Å²) in [6.07, 6.45) is 0. The molecule has 3 aromatic rings. The fourth-order valence-corrected chi connectivity index (χ4v) is 2.31. The van der Waals surface area contributed by atoms with E-state index in [9.17, 15) is 9.59 Å². The smallest absolute Gasteiger partial charge is 0.336 e. The maximum absolute atomic E-state index is 11.4. The van der Waals surface area contributed by atoms with Gasteiger partial charge in [-0.25, -0.2) is 9.59 Å². The van der Waals surface area contributed by atoms with Gasteiger partial charge in [-0.05, 0) is 41.8 Å². The monoisotopic (exact) mass is 280 g/mol. The van der Waals surface area contributed by atoms with Gasteiger partial charge in [0.05, 0.1) is 5.56 Å². The molecular weight excluding hydrogens is 268 g/mol. The van der Waals surface area contributed by atoms with Crippen LogP contribution in [0.15, 0.2) is 57.7 Å². The molecule has 0 aliphatic carbocycles. The van der Waals surface area contributed by atoms with E-state index in [4.69, 9.17) is 9.52 Å². The summed E-state index contributed by atoms with van der Waals surface area (Å²) in [5, 5.41) is 9.79. The highest BCUT2D eigenvalue weighted by atomic mass is 16.4. The second-order valence-electron chi connectivity index (χ2n) is 4.84. The molecule has 0 atom stereocenters. The van der Waals surface area contributed by atoms with Crippen molar-refractivity contribution in [3.8, 4) is 11.1 Å². The van der Waals surface area contributed by atoms with Gasteiger partial charge in [-0.3, -0.25) is 0 Å². The van der Waals surface area contributed by atoms with Crippen molar-refractivity contribution in [3.63, 3.8) is 0 Å². The molecule has 4 heteroatoms. The van der Waals surface area contributed by atoms with E-state index in [1.807, 2.05) is 19.1 Å². The molecule has 2 aromatic carbocycles. The molecule has 3 rings (SSSR count). The molecule has 21 heavy (non-hydrogen) atoms. The molecule has 4 nitrogen and oxygen atoms in total. The van der Waals surface area contributed by atoms with Crippen LogP contribution in [0.1, 0.15) is 15.9 Å². The van der Waals surface area contributed by atoms with Gasteiger partial charge in [-0.1, -0.05) is 24.3 Å². The van der Waals surface area contributed by atoms with Crippen LogP contribution in [-0.4, -0.2) is 11.1 Å². The van der Waals surface area contributed by atoms with E-state index in [-0.39, 0.29) is 11.2 Å².